The van der Waals surface area contributed by atoms with Crippen LogP contribution in [0.25, 0.3) is 0 Å². The molecule has 0 spiro atoms. The Morgan fingerprint density at radius 1 is 1.19 bits per heavy atom. The molecule has 0 radical (unpaired) electrons. The van der Waals surface area contributed by atoms with E-state index >= 15 is 0 Å². The molecule has 1 N–H and O–H groups in total. The topological polar surface area (TPSA) is 69.0 Å². The fourth-order valence-corrected chi connectivity index (χ4v) is 4.08. The van der Waals surface area contributed by atoms with Crippen molar-refractivity contribution in [3.63, 3.8) is 0 Å². The van der Waals surface area contributed by atoms with Crippen LogP contribution >= 0.6 is 35.0 Å². The van der Waals surface area contributed by atoms with Crippen molar-refractivity contribution < 1.29 is 13.9 Å². The highest BCUT2D eigenvalue weighted by Crippen LogP contribution is 2.27. The predicted octanol–water partition coefficient (Wildman–Crippen LogP) is 5.49. The third-order valence-corrected chi connectivity index (χ3v) is 5.76. The van der Waals surface area contributed by atoms with Gasteiger partial charge in [-0.2, -0.15) is 0 Å². The molecule has 0 aliphatic heterocycles. The minimum Gasteiger partial charge on any atom is -0.492 e. The zero-order valence-corrected chi connectivity index (χ0v) is 19.1. The maximum atomic E-state index is 13.0. The molecule has 0 aliphatic rings. The zero-order chi connectivity index (χ0) is 22.2. The molecule has 1 aromatic heterocycles. The van der Waals surface area contributed by atoms with Gasteiger partial charge in [0.15, 0.2) is 5.16 Å². The number of aryl methyl sites for hydroxylation is 1. The minimum absolute atomic E-state index is 0.174. The minimum atomic E-state index is -0.349. The third-order valence-electron chi connectivity index (χ3n) is 4.27. The fourth-order valence-electron chi connectivity index (χ4n) is 2.79. The van der Waals surface area contributed by atoms with Crippen LogP contribution in [0.4, 0.5) is 10.1 Å². The van der Waals surface area contributed by atoms with Crippen molar-refractivity contribution in [2.24, 2.45) is 0 Å². The van der Waals surface area contributed by atoms with Gasteiger partial charge in [-0.3, -0.25) is 4.79 Å². The van der Waals surface area contributed by atoms with E-state index in [0.29, 0.717) is 46.2 Å². The molecule has 1 amide bonds. The highest BCUT2D eigenvalue weighted by molar-refractivity contribution is 7.99. The highest BCUT2D eigenvalue weighted by atomic mass is 35.5. The number of nitrogens with one attached hydrogen (secondary N) is 1. The van der Waals surface area contributed by atoms with Crippen LogP contribution in [0.15, 0.2) is 47.6 Å². The number of ether oxygens (including phenoxy) is 1. The number of anilines is 1. The molecular formula is C21H21Cl2FN4O2S. The Labute approximate surface area is 194 Å². The second kappa shape index (κ2) is 11.4. The molecule has 6 nitrogen and oxygen atoms in total. The van der Waals surface area contributed by atoms with Gasteiger partial charge in [-0.1, -0.05) is 35.0 Å². The maximum Gasteiger partial charge on any atom is 0.234 e. The van der Waals surface area contributed by atoms with E-state index in [0.717, 1.165) is 12.2 Å². The van der Waals surface area contributed by atoms with E-state index in [1.165, 1.54) is 36.0 Å². The van der Waals surface area contributed by atoms with Gasteiger partial charge >= 0.3 is 0 Å². The highest BCUT2D eigenvalue weighted by Gasteiger charge is 2.13. The van der Waals surface area contributed by atoms with Crippen LogP contribution in [0.3, 0.4) is 0 Å². The molecule has 31 heavy (non-hydrogen) atoms. The molecule has 1 heterocycles. The molecule has 0 fully saturated rings. The largest absolute Gasteiger partial charge is 0.492 e. The summed E-state index contributed by atoms with van der Waals surface area (Å²) in [5, 5.41) is 12.9. The van der Waals surface area contributed by atoms with Gasteiger partial charge in [-0.15, -0.1) is 10.2 Å². The lowest BCUT2D eigenvalue weighted by molar-refractivity contribution is -0.113. The Kier molecular flexibility index (Phi) is 8.57. The van der Waals surface area contributed by atoms with Gasteiger partial charge in [0.1, 0.15) is 17.4 Å². The van der Waals surface area contributed by atoms with E-state index in [4.69, 9.17) is 27.9 Å². The lowest BCUT2D eigenvalue weighted by Gasteiger charge is -2.09. The molecule has 3 rings (SSSR count). The second-order valence-electron chi connectivity index (χ2n) is 6.51. The van der Waals surface area contributed by atoms with E-state index in [2.05, 4.69) is 15.5 Å². The van der Waals surface area contributed by atoms with Crippen molar-refractivity contribution in [2.75, 3.05) is 17.7 Å². The number of hydrogen-bond acceptors (Lipinski definition) is 5. The van der Waals surface area contributed by atoms with Gasteiger partial charge in [0.2, 0.25) is 5.91 Å². The predicted molar refractivity (Wildman–Crippen MR) is 122 cm³/mol. The second-order valence-corrected chi connectivity index (χ2v) is 8.30. The number of nitrogens with zero attached hydrogens (tertiary/aromatic N) is 3. The molecule has 0 atom stereocenters. The number of halogens is 3. The molecular weight excluding hydrogens is 462 g/mol. The number of aromatic nitrogens is 3. The average Bonchev–Trinajstić information content (AvgIpc) is 3.14. The Morgan fingerprint density at radius 2 is 1.97 bits per heavy atom. The molecule has 10 heteroatoms. The van der Waals surface area contributed by atoms with Crippen LogP contribution in [0.2, 0.25) is 10.0 Å². The van der Waals surface area contributed by atoms with Gasteiger partial charge < -0.3 is 14.6 Å². The van der Waals surface area contributed by atoms with Crippen molar-refractivity contribution in [1.82, 2.24) is 14.8 Å². The summed E-state index contributed by atoms with van der Waals surface area (Å²) < 4.78 is 20.6. The molecule has 0 aliphatic carbocycles. The number of carbonyl (C=O) groups is 1. The summed E-state index contributed by atoms with van der Waals surface area (Å²) in [5.74, 6) is 1.05. The number of carbonyl (C=O) groups excluding carboxylic acids is 1. The Hall–Kier alpha value is -2.29. The number of thioether (sulfide) groups is 1. The van der Waals surface area contributed by atoms with Crippen molar-refractivity contribution in [1.29, 1.82) is 0 Å². The molecule has 164 valence electrons. The maximum absolute atomic E-state index is 13.0. The average molecular weight is 483 g/mol. The van der Waals surface area contributed by atoms with E-state index in [9.17, 15) is 9.18 Å². The summed E-state index contributed by atoms with van der Waals surface area (Å²) in [7, 11) is 0. The summed E-state index contributed by atoms with van der Waals surface area (Å²) >= 11 is 13.3. The first-order chi connectivity index (χ1) is 15.0. The first-order valence-corrected chi connectivity index (χ1v) is 11.4. The van der Waals surface area contributed by atoms with Crippen LogP contribution in [0, 0.1) is 5.82 Å². The van der Waals surface area contributed by atoms with Crippen LogP contribution in [-0.2, 0) is 17.8 Å². The Bertz CT molecular complexity index is 1030. The number of rotatable bonds is 10. The fraction of sp³-hybridized carbons (Fsp3) is 0.286. The van der Waals surface area contributed by atoms with Crippen molar-refractivity contribution in [3.05, 3.63) is 64.2 Å². The monoisotopic (exact) mass is 482 g/mol. The summed E-state index contributed by atoms with van der Waals surface area (Å²) in [6.07, 6.45) is 1.40. The molecule has 3 aromatic rings. The standard InChI is InChI=1S/C21H21Cl2FN4O2S/c1-2-28-19(4-3-11-30-18-10-5-14(22)12-17(18)23)26-27-21(28)31-13-20(29)25-16-8-6-15(24)7-9-16/h5-10,12H,2-4,11,13H2,1H3,(H,25,29). The number of amides is 1. The smallest absolute Gasteiger partial charge is 0.234 e. The zero-order valence-electron chi connectivity index (χ0n) is 16.8. The molecule has 0 unspecified atom stereocenters. The Balaban J connectivity index is 1.48. The Morgan fingerprint density at radius 3 is 2.68 bits per heavy atom. The normalized spacial score (nSPS) is 10.8. The van der Waals surface area contributed by atoms with Gasteiger partial charge in [-0.05, 0) is 55.8 Å². The van der Waals surface area contributed by atoms with E-state index in [-0.39, 0.29) is 17.5 Å². The van der Waals surface area contributed by atoms with Crippen LogP contribution in [0.5, 0.6) is 5.75 Å². The first-order valence-electron chi connectivity index (χ1n) is 9.64. The van der Waals surface area contributed by atoms with Gasteiger partial charge in [0.05, 0.1) is 17.4 Å². The van der Waals surface area contributed by atoms with Crippen LogP contribution < -0.4 is 10.1 Å². The van der Waals surface area contributed by atoms with Crippen molar-refractivity contribution in [3.8, 4) is 5.75 Å². The van der Waals surface area contributed by atoms with E-state index in [1.807, 2.05) is 11.5 Å². The summed E-state index contributed by atoms with van der Waals surface area (Å²) in [4.78, 5) is 12.2. The number of hydrogen-bond donors (Lipinski definition) is 1. The van der Waals surface area contributed by atoms with Gasteiger partial charge in [-0.25, -0.2) is 4.39 Å². The van der Waals surface area contributed by atoms with Crippen LogP contribution in [0.1, 0.15) is 19.2 Å². The lowest BCUT2D eigenvalue weighted by Crippen LogP contribution is -2.14. The first kappa shape index (κ1) is 23.4. The quantitative estimate of drug-likeness (QED) is 0.305. The van der Waals surface area contributed by atoms with Gasteiger partial charge in [0.25, 0.3) is 0 Å². The number of benzene rings is 2. The molecule has 2 aromatic carbocycles. The summed E-state index contributed by atoms with van der Waals surface area (Å²) in [6.45, 7) is 3.16. The van der Waals surface area contributed by atoms with Crippen molar-refractivity contribution >= 4 is 46.6 Å². The lowest BCUT2D eigenvalue weighted by atomic mass is 10.3. The molecule has 0 bridgehead atoms. The summed E-state index contributed by atoms with van der Waals surface area (Å²) in [5.41, 5.74) is 0.547. The molecule has 0 saturated heterocycles. The van der Waals surface area contributed by atoms with Gasteiger partial charge in [0, 0.05) is 23.7 Å². The van der Waals surface area contributed by atoms with Crippen molar-refractivity contribution in [2.45, 2.75) is 31.5 Å². The third kappa shape index (κ3) is 6.85. The SMILES string of the molecule is CCn1c(CCCOc2ccc(Cl)cc2Cl)nnc1SCC(=O)Nc1ccc(F)cc1. The van der Waals surface area contributed by atoms with E-state index < -0.39 is 0 Å². The summed E-state index contributed by atoms with van der Waals surface area (Å²) in [6, 6.07) is 10.7. The molecule has 0 saturated carbocycles. The van der Waals surface area contributed by atoms with Crippen LogP contribution in [-0.4, -0.2) is 33.0 Å². The van der Waals surface area contributed by atoms with E-state index in [1.54, 1.807) is 18.2 Å².